The molecule has 0 aromatic heterocycles. The molecule has 2 aliphatic carbocycles. The summed E-state index contributed by atoms with van der Waals surface area (Å²) < 4.78 is 5.56. The Labute approximate surface area is 229 Å². The standard InChI is InChI=1S/C28H30N2O10/c1-2-40-19-11-13(3-6-18(19)31)22-14-4-5-15-23(27(38)29(25(15)36)9-7-20(32)33)16(14)12-17-24(22)28(39)30(26(17)37)10-8-21(34)35/h3-4,6,11,15-17,22-24,31H,2,5,7-10,12H2,1H3,(H,32,33)(H,34,35). The lowest BCUT2D eigenvalue weighted by Gasteiger charge is -2.44. The fraction of sp³-hybridized carbons (Fsp3) is 0.500. The van der Waals surface area contributed by atoms with E-state index in [1.807, 2.05) is 6.08 Å². The number of carboxylic acid groups (broad SMARTS) is 2. The first-order chi connectivity index (χ1) is 19.0. The van der Waals surface area contributed by atoms with Gasteiger partial charge in [0.05, 0.1) is 43.1 Å². The van der Waals surface area contributed by atoms with Crippen LogP contribution < -0.4 is 4.74 Å². The minimum atomic E-state index is -1.15. The molecule has 212 valence electrons. The van der Waals surface area contributed by atoms with E-state index >= 15 is 0 Å². The molecule has 12 heteroatoms. The van der Waals surface area contributed by atoms with Gasteiger partial charge < -0.3 is 20.1 Å². The predicted molar refractivity (Wildman–Crippen MR) is 135 cm³/mol. The molecular formula is C28H30N2O10. The van der Waals surface area contributed by atoms with Crippen LogP contribution in [0.15, 0.2) is 29.8 Å². The number of likely N-dealkylation sites (tertiary alicyclic amines) is 2. The number of aliphatic carboxylic acids is 2. The second-order valence-electron chi connectivity index (χ2n) is 10.6. The van der Waals surface area contributed by atoms with Crippen molar-refractivity contribution in [2.24, 2.45) is 29.6 Å². The summed E-state index contributed by atoms with van der Waals surface area (Å²) in [5.74, 6) is -8.54. The molecule has 1 aromatic carbocycles. The highest BCUT2D eigenvalue weighted by atomic mass is 16.5. The monoisotopic (exact) mass is 554 g/mol. The molecule has 1 aromatic rings. The van der Waals surface area contributed by atoms with Crippen LogP contribution in [-0.4, -0.2) is 80.4 Å². The molecule has 0 radical (unpaired) electrons. The van der Waals surface area contributed by atoms with E-state index in [9.17, 15) is 33.9 Å². The number of carbonyl (C=O) groups is 6. The number of ether oxygens (including phenoxy) is 1. The van der Waals surface area contributed by atoms with Crippen molar-refractivity contribution in [3.05, 3.63) is 35.4 Å². The van der Waals surface area contributed by atoms with Crippen LogP contribution in [0.4, 0.5) is 0 Å². The summed E-state index contributed by atoms with van der Waals surface area (Å²) in [7, 11) is 0. The van der Waals surface area contributed by atoms with Gasteiger partial charge in [0.1, 0.15) is 0 Å². The number of hydrogen-bond donors (Lipinski definition) is 3. The smallest absolute Gasteiger partial charge is 0.305 e. The van der Waals surface area contributed by atoms with Crippen LogP contribution in [0.2, 0.25) is 0 Å². The third kappa shape index (κ3) is 4.40. The Kier molecular flexibility index (Phi) is 7.11. The van der Waals surface area contributed by atoms with Gasteiger partial charge in [-0.2, -0.15) is 0 Å². The van der Waals surface area contributed by atoms with Gasteiger partial charge in [-0.1, -0.05) is 17.7 Å². The molecule has 3 fully saturated rings. The zero-order chi connectivity index (χ0) is 28.9. The fourth-order valence-corrected chi connectivity index (χ4v) is 6.94. The van der Waals surface area contributed by atoms with Gasteiger partial charge in [-0.15, -0.1) is 0 Å². The van der Waals surface area contributed by atoms with Crippen LogP contribution in [0.1, 0.15) is 44.1 Å². The lowest BCUT2D eigenvalue weighted by atomic mass is 9.57. The molecule has 1 saturated carbocycles. The number of amides is 4. The maximum Gasteiger partial charge on any atom is 0.305 e. The first-order valence-electron chi connectivity index (χ1n) is 13.3. The van der Waals surface area contributed by atoms with Gasteiger partial charge in [-0.05, 0) is 43.4 Å². The lowest BCUT2D eigenvalue weighted by Crippen LogP contribution is -2.43. The summed E-state index contributed by atoms with van der Waals surface area (Å²) in [6, 6.07) is 4.67. The van der Waals surface area contributed by atoms with Crippen LogP contribution >= 0.6 is 0 Å². The van der Waals surface area contributed by atoms with E-state index in [1.54, 1.807) is 19.1 Å². The van der Waals surface area contributed by atoms with Crippen molar-refractivity contribution in [2.75, 3.05) is 19.7 Å². The number of fused-ring (bicyclic) bond motifs is 4. The first kappa shape index (κ1) is 27.4. The molecule has 6 unspecified atom stereocenters. The van der Waals surface area contributed by atoms with Crippen molar-refractivity contribution in [2.45, 2.75) is 38.5 Å². The Hall–Kier alpha value is -4.22. The molecule has 2 saturated heterocycles. The SMILES string of the molecule is CCOc1cc(C2C3=CCC4C(=O)N(CCC(=O)O)C(=O)C4C3CC3C(=O)N(CCC(=O)O)C(=O)C32)ccc1O. The number of phenolic OH excluding ortho intramolecular Hbond substituents is 1. The van der Waals surface area contributed by atoms with Crippen LogP contribution in [0, 0.1) is 29.6 Å². The average molecular weight is 555 g/mol. The summed E-state index contributed by atoms with van der Waals surface area (Å²) in [6.07, 6.45) is 1.42. The third-order valence-electron chi connectivity index (χ3n) is 8.57. The van der Waals surface area contributed by atoms with E-state index < -0.39 is 77.5 Å². The van der Waals surface area contributed by atoms with Gasteiger partial charge in [-0.3, -0.25) is 38.6 Å². The molecule has 40 heavy (non-hydrogen) atoms. The summed E-state index contributed by atoms with van der Waals surface area (Å²) in [4.78, 5) is 78.2. The first-order valence-corrected chi connectivity index (χ1v) is 13.3. The highest BCUT2D eigenvalue weighted by Crippen LogP contribution is 2.58. The molecule has 0 bridgehead atoms. The Balaban J connectivity index is 1.57. The quantitative estimate of drug-likeness (QED) is 0.298. The Morgan fingerprint density at radius 1 is 0.875 bits per heavy atom. The van der Waals surface area contributed by atoms with Crippen LogP contribution in [0.3, 0.4) is 0 Å². The molecule has 12 nitrogen and oxygen atoms in total. The average Bonchev–Trinajstić information content (AvgIpc) is 3.30. The third-order valence-corrected chi connectivity index (χ3v) is 8.57. The number of imide groups is 2. The van der Waals surface area contributed by atoms with E-state index in [1.165, 1.54) is 6.07 Å². The topological polar surface area (TPSA) is 179 Å². The van der Waals surface area contributed by atoms with Gasteiger partial charge in [0.2, 0.25) is 23.6 Å². The minimum Gasteiger partial charge on any atom is -0.504 e. The predicted octanol–water partition coefficient (Wildman–Crippen LogP) is 1.38. The van der Waals surface area contributed by atoms with E-state index in [-0.39, 0.29) is 50.5 Å². The highest BCUT2D eigenvalue weighted by Gasteiger charge is 2.61. The maximum absolute atomic E-state index is 13.7. The fourth-order valence-electron chi connectivity index (χ4n) is 6.94. The molecule has 4 amide bonds. The molecule has 0 spiro atoms. The maximum atomic E-state index is 13.7. The van der Waals surface area contributed by atoms with Gasteiger partial charge in [-0.25, -0.2) is 0 Å². The van der Waals surface area contributed by atoms with Crippen LogP contribution in [-0.2, 0) is 28.8 Å². The molecule has 6 atom stereocenters. The Bertz CT molecular complexity index is 1340. The van der Waals surface area contributed by atoms with Gasteiger partial charge in [0.15, 0.2) is 11.5 Å². The number of rotatable bonds is 9. The number of carboxylic acids is 2. The van der Waals surface area contributed by atoms with Gasteiger partial charge in [0.25, 0.3) is 0 Å². The highest BCUT2D eigenvalue weighted by molar-refractivity contribution is 6.08. The van der Waals surface area contributed by atoms with Crippen molar-refractivity contribution < 1.29 is 48.8 Å². The number of benzene rings is 1. The van der Waals surface area contributed by atoms with Gasteiger partial charge >= 0.3 is 11.9 Å². The largest absolute Gasteiger partial charge is 0.504 e. The second kappa shape index (κ2) is 10.4. The number of phenols is 1. The van der Waals surface area contributed by atoms with E-state index in [2.05, 4.69) is 0 Å². The number of carbonyl (C=O) groups excluding carboxylic acids is 4. The van der Waals surface area contributed by atoms with Crippen LogP contribution in [0.5, 0.6) is 11.5 Å². The summed E-state index contributed by atoms with van der Waals surface area (Å²) in [6.45, 7) is 1.50. The number of nitrogens with zero attached hydrogens (tertiary/aromatic N) is 2. The van der Waals surface area contributed by atoms with E-state index in [4.69, 9.17) is 14.9 Å². The molecule has 2 heterocycles. The normalized spacial score (nSPS) is 29.2. The summed E-state index contributed by atoms with van der Waals surface area (Å²) in [5.41, 5.74) is 1.32. The van der Waals surface area contributed by atoms with E-state index in [0.717, 1.165) is 15.4 Å². The van der Waals surface area contributed by atoms with Crippen molar-refractivity contribution >= 4 is 35.6 Å². The Morgan fingerprint density at radius 2 is 1.48 bits per heavy atom. The molecular weight excluding hydrogens is 524 g/mol. The zero-order valence-corrected chi connectivity index (χ0v) is 21.8. The van der Waals surface area contributed by atoms with Crippen molar-refractivity contribution in [3.8, 4) is 11.5 Å². The van der Waals surface area contributed by atoms with Crippen LogP contribution in [0.25, 0.3) is 0 Å². The lowest BCUT2D eigenvalue weighted by molar-refractivity contribution is -0.145. The molecule has 4 aliphatic rings. The summed E-state index contributed by atoms with van der Waals surface area (Å²) in [5, 5.41) is 28.6. The number of allylic oxidation sites excluding steroid dienone is 2. The molecule has 2 aliphatic heterocycles. The zero-order valence-electron chi connectivity index (χ0n) is 21.8. The Morgan fingerprint density at radius 3 is 2.08 bits per heavy atom. The van der Waals surface area contributed by atoms with Crippen molar-refractivity contribution in [1.29, 1.82) is 0 Å². The van der Waals surface area contributed by atoms with Crippen molar-refractivity contribution in [1.82, 2.24) is 9.80 Å². The van der Waals surface area contributed by atoms with E-state index in [0.29, 0.717) is 5.56 Å². The second-order valence-corrected chi connectivity index (χ2v) is 10.6. The number of hydrogen-bond acceptors (Lipinski definition) is 8. The molecule has 3 N–H and O–H groups in total. The molecule has 5 rings (SSSR count). The summed E-state index contributed by atoms with van der Waals surface area (Å²) >= 11 is 0. The van der Waals surface area contributed by atoms with Gasteiger partial charge in [0, 0.05) is 19.0 Å². The van der Waals surface area contributed by atoms with Crippen molar-refractivity contribution in [3.63, 3.8) is 0 Å². The minimum absolute atomic E-state index is 0.102. The number of aromatic hydroxyl groups is 1.